The standard InChI is InChI=1S/C18H26N4O2/c1-4-15(21(2)3)16(23)22-11-9-18(10-12-22)17(24)19-13-7-5-6-8-14(13)20-18/h5-8,15,20H,4,9-12H2,1-3H3,(H,19,24)/t15-/m1/s1. The Kier molecular flexibility index (Phi) is 4.49. The zero-order valence-corrected chi connectivity index (χ0v) is 14.6. The lowest BCUT2D eigenvalue weighted by Gasteiger charge is -2.45. The molecule has 1 atom stereocenters. The molecular formula is C18H26N4O2. The third-order valence-corrected chi connectivity index (χ3v) is 5.21. The minimum atomic E-state index is -0.606. The molecule has 6 heteroatoms. The third kappa shape index (κ3) is 2.86. The molecule has 24 heavy (non-hydrogen) atoms. The lowest BCUT2D eigenvalue weighted by Crippen LogP contribution is -2.60. The van der Waals surface area contributed by atoms with Crippen molar-refractivity contribution in [3.05, 3.63) is 24.3 Å². The van der Waals surface area contributed by atoms with Gasteiger partial charge in [-0.3, -0.25) is 14.5 Å². The van der Waals surface area contributed by atoms with Crippen LogP contribution in [0.4, 0.5) is 11.4 Å². The average molecular weight is 330 g/mol. The summed E-state index contributed by atoms with van der Waals surface area (Å²) in [6.45, 7) is 3.23. The Morgan fingerprint density at radius 2 is 1.88 bits per heavy atom. The molecule has 0 unspecified atom stereocenters. The highest BCUT2D eigenvalue weighted by atomic mass is 16.2. The van der Waals surface area contributed by atoms with E-state index in [4.69, 9.17) is 0 Å². The second-order valence-electron chi connectivity index (χ2n) is 6.92. The van der Waals surface area contributed by atoms with Gasteiger partial charge in [-0.05, 0) is 45.5 Å². The average Bonchev–Trinajstić information content (AvgIpc) is 2.57. The Labute approximate surface area is 143 Å². The van der Waals surface area contributed by atoms with Crippen molar-refractivity contribution in [3.8, 4) is 0 Å². The number of likely N-dealkylation sites (tertiary alicyclic amines) is 1. The molecular weight excluding hydrogens is 304 g/mol. The molecule has 0 saturated carbocycles. The molecule has 0 bridgehead atoms. The van der Waals surface area contributed by atoms with Crippen LogP contribution in [0.25, 0.3) is 0 Å². The van der Waals surface area contributed by atoms with Gasteiger partial charge in [0.2, 0.25) is 11.8 Å². The fourth-order valence-electron chi connectivity index (χ4n) is 3.69. The van der Waals surface area contributed by atoms with Crippen molar-refractivity contribution in [3.63, 3.8) is 0 Å². The van der Waals surface area contributed by atoms with Gasteiger partial charge in [-0.1, -0.05) is 19.1 Å². The zero-order valence-electron chi connectivity index (χ0n) is 14.6. The van der Waals surface area contributed by atoms with Crippen molar-refractivity contribution in [1.82, 2.24) is 9.80 Å². The van der Waals surface area contributed by atoms with E-state index in [1.807, 2.05) is 55.1 Å². The largest absolute Gasteiger partial charge is 0.369 e. The summed E-state index contributed by atoms with van der Waals surface area (Å²) in [6.07, 6.45) is 2.05. The van der Waals surface area contributed by atoms with Crippen LogP contribution >= 0.6 is 0 Å². The first-order valence-electron chi connectivity index (χ1n) is 8.61. The summed E-state index contributed by atoms with van der Waals surface area (Å²) in [5, 5.41) is 6.43. The molecule has 2 amide bonds. The topological polar surface area (TPSA) is 64.7 Å². The van der Waals surface area contributed by atoms with E-state index in [9.17, 15) is 9.59 Å². The number of nitrogens with one attached hydrogen (secondary N) is 2. The van der Waals surface area contributed by atoms with E-state index in [-0.39, 0.29) is 17.9 Å². The lowest BCUT2D eigenvalue weighted by molar-refractivity contribution is -0.139. The van der Waals surface area contributed by atoms with Gasteiger partial charge in [-0.2, -0.15) is 0 Å². The highest BCUT2D eigenvalue weighted by molar-refractivity contribution is 6.06. The fraction of sp³-hybridized carbons (Fsp3) is 0.556. The monoisotopic (exact) mass is 330 g/mol. The van der Waals surface area contributed by atoms with Gasteiger partial charge in [0.15, 0.2) is 0 Å². The van der Waals surface area contributed by atoms with Crippen molar-refractivity contribution >= 4 is 23.2 Å². The zero-order chi connectivity index (χ0) is 17.3. The highest BCUT2D eigenvalue weighted by Crippen LogP contribution is 2.36. The number of para-hydroxylation sites is 2. The summed E-state index contributed by atoms with van der Waals surface area (Å²) in [6, 6.07) is 7.65. The van der Waals surface area contributed by atoms with E-state index in [2.05, 4.69) is 10.6 Å². The number of hydrogen-bond acceptors (Lipinski definition) is 4. The summed E-state index contributed by atoms with van der Waals surface area (Å²) < 4.78 is 0. The quantitative estimate of drug-likeness (QED) is 0.886. The Morgan fingerprint density at radius 3 is 2.46 bits per heavy atom. The van der Waals surface area contributed by atoms with E-state index in [0.29, 0.717) is 25.9 Å². The molecule has 1 fully saturated rings. The maximum atomic E-state index is 12.7. The fourth-order valence-corrected chi connectivity index (χ4v) is 3.69. The van der Waals surface area contributed by atoms with Gasteiger partial charge in [0.25, 0.3) is 0 Å². The maximum Gasteiger partial charge on any atom is 0.250 e. The first-order valence-corrected chi connectivity index (χ1v) is 8.61. The van der Waals surface area contributed by atoms with E-state index < -0.39 is 5.54 Å². The van der Waals surface area contributed by atoms with Crippen LogP contribution in [0.3, 0.4) is 0 Å². The number of anilines is 2. The van der Waals surface area contributed by atoms with Gasteiger partial charge in [0, 0.05) is 13.1 Å². The van der Waals surface area contributed by atoms with Crippen LogP contribution in [0.15, 0.2) is 24.3 Å². The molecule has 3 rings (SSSR count). The number of carbonyl (C=O) groups excluding carboxylic acids is 2. The van der Waals surface area contributed by atoms with Crippen LogP contribution in [-0.2, 0) is 9.59 Å². The second-order valence-corrected chi connectivity index (χ2v) is 6.92. The van der Waals surface area contributed by atoms with E-state index >= 15 is 0 Å². The normalized spacial score (nSPS) is 20.3. The molecule has 0 aliphatic carbocycles. The number of hydrogen-bond donors (Lipinski definition) is 2. The number of fused-ring (bicyclic) bond motifs is 1. The van der Waals surface area contributed by atoms with Gasteiger partial charge >= 0.3 is 0 Å². The van der Waals surface area contributed by atoms with Crippen molar-refractivity contribution < 1.29 is 9.59 Å². The van der Waals surface area contributed by atoms with Crippen molar-refractivity contribution in [2.75, 3.05) is 37.8 Å². The molecule has 2 aliphatic rings. The van der Waals surface area contributed by atoms with Crippen molar-refractivity contribution in [1.29, 1.82) is 0 Å². The first-order chi connectivity index (χ1) is 11.5. The SMILES string of the molecule is CC[C@H](C(=O)N1CCC2(CC1)Nc1ccccc1NC2=O)N(C)C. The Morgan fingerprint density at radius 1 is 1.25 bits per heavy atom. The molecule has 2 N–H and O–H groups in total. The maximum absolute atomic E-state index is 12.7. The Bertz CT molecular complexity index is 636. The summed E-state index contributed by atoms with van der Waals surface area (Å²) in [5.41, 5.74) is 1.17. The minimum Gasteiger partial charge on any atom is -0.369 e. The number of nitrogens with zero attached hydrogens (tertiary/aromatic N) is 2. The molecule has 130 valence electrons. The minimum absolute atomic E-state index is 0.00736. The van der Waals surface area contributed by atoms with Crippen molar-refractivity contribution in [2.24, 2.45) is 0 Å². The van der Waals surface area contributed by atoms with Crippen LogP contribution < -0.4 is 10.6 Å². The first kappa shape index (κ1) is 16.8. The van der Waals surface area contributed by atoms with Gasteiger partial charge in [-0.25, -0.2) is 0 Å². The summed E-state index contributed by atoms with van der Waals surface area (Å²) in [4.78, 5) is 29.2. The molecule has 1 saturated heterocycles. The van der Waals surface area contributed by atoms with Gasteiger partial charge in [-0.15, -0.1) is 0 Å². The molecule has 1 aromatic carbocycles. The summed E-state index contributed by atoms with van der Waals surface area (Å²) >= 11 is 0. The number of rotatable bonds is 3. The number of carbonyl (C=O) groups is 2. The van der Waals surface area contributed by atoms with Gasteiger partial charge < -0.3 is 15.5 Å². The predicted molar refractivity (Wildman–Crippen MR) is 95.0 cm³/mol. The summed E-state index contributed by atoms with van der Waals surface area (Å²) in [7, 11) is 3.87. The third-order valence-electron chi connectivity index (χ3n) is 5.21. The number of likely N-dealkylation sites (N-methyl/N-ethyl adjacent to an activating group) is 1. The Hall–Kier alpha value is -2.08. The van der Waals surface area contributed by atoms with E-state index in [1.54, 1.807) is 0 Å². The van der Waals surface area contributed by atoms with Crippen LogP contribution in [0.1, 0.15) is 26.2 Å². The predicted octanol–water partition coefficient (Wildman–Crippen LogP) is 1.75. The van der Waals surface area contributed by atoms with Gasteiger partial charge in [0.1, 0.15) is 5.54 Å². The molecule has 2 heterocycles. The van der Waals surface area contributed by atoms with Crippen LogP contribution in [0.2, 0.25) is 0 Å². The number of piperidine rings is 1. The van der Waals surface area contributed by atoms with Crippen molar-refractivity contribution in [2.45, 2.75) is 37.8 Å². The molecule has 2 aliphatic heterocycles. The highest BCUT2D eigenvalue weighted by Gasteiger charge is 2.45. The van der Waals surface area contributed by atoms with Crippen LogP contribution in [0.5, 0.6) is 0 Å². The lowest BCUT2D eigenvalue weighted by atomic mass is 9.84. The van der Waals surface area contributed by atoms with Crippen LogP contribution in [0, 0.1) is 0 Å². The number of amides is 2. The molecule has 1 aromatic rings. The van der Waals surface area contributed by atoms with E-state index in [0.717, 1.165) is 17.8 Å². The smallest absolute Gasteiger partial charge is 0.250 e. The molecule has 6 nitrogen and oxygen atoms in total. The number of benzene rings is 1. The van der Waals surface area contributed by atoms with E-state index in [1.165, 1.54) is 0 Å². The molecule has 0 radical (unpaired) electrons. The molecule has 0 aromatic heterocycles. The Balaban J connectivity index is 1.71. The van der Waals surface area contributed by atoms with Gasteiger partial charge in [0.05, 0.1) is 17.4 Å². The summed E-state index contributed by atoms with van der Waals surface area (Å²) in [5.74, 6) is 0.168. The second kappa shape index (κ2) is 6.43. The van der Waals surface area contributed by atoms with Crippen LogP contribution in [-0.4, -0.2) is 60.4 Å². The molecule has 1 spiro atoms.